The first-order valence-corrected chi connectivity index (χ1v) is 11.7. The summed E-state index contributed by atoms with van der Waals surface area (Å²) in [5.41, 5.74) is 4.06. The molecule has 0 bridgehead atoms. The van der Waals surface area contributed by atoms with Gasteiger partial charge in [0.05, 0.1) is 4.90 Å². The summed E-state index contributed by atoms with van der Waals surface area (Å²) in [5, 5.41) is 0. The summed E-state index contributed by atoms with van der Waals surface area (Å²) < 4.78 is 27.8. The van der Waals surface area contributed by atoms with Gasteiger partial charge in [0.25, 0.3) is 10.0 Å². The van der Waals surface area contributed by atoms with Gasteiger partial charge in [-0.05, 0) is 48.9 Å². The number of aryl methyl sites for hydroxylation is 1. The number of piperazine rings is 1. The van der Waals surface area contributed by atoms with Crippen LogP contribution in [0, 0.1) is 6.92 Å². The summed E-state index contributed by atoms with van der Waals surface area (Å²) in [7, 11) is -3.58. The zero-order valence-corrected chi connectivity index (χ0v) is 18.0. The van der Waals surface area contributed by atoms with Gasteiger partial charge in [0.1, 0.15) is 0 Å². The number of hydrogen-bond acceptors (Lipinski definition) is 4. The molecule has 3 aromatic rings. The van der Waals surface area contributed by atoms with E-state index in [1.807, 2.05) is 37.3 Å². The van der Waals surface area contributed by atoms with E-state index in [1.165, 1.54) is 5.56 Å². The smallest absolute Gasteiger partial charge is 0.261 e. The number of benzene rings is 3. The van der Waals surface area contributed by atoms with E-state index in [0.29, 0.717) is 5.69 Å². The first kappa shape index (κ1) is 20.4. The minimum absolute atomic E-state index is 0.270. The summed E-state index contributed by atoms with van der Waals surface area (Å²) >= 11 is 0. The average Bonchev–Trinajstić information content (AvgIpc) is 2.76. The van der Waals surface area contributed by atoms with Crippen LogP contribution in [0.3, 0.4) is 0 Å². The molecule has 0 aromatic heterocycles. The highest BCUT2D eigenvalue weighted by molar-refractivity contribution is 7.92. The minimum atomic E-state index is -3.58. The lowest BCUT2D eigenvalue weighted by Crippen LogP contribution is -2.45. The Labute approximate surface area is 179 Å². The number of nitrogens with zero attached hydrogens (tertiary/aromatic N) is 2. The fourth-order valence-electron chi connectivity index (χ4n) is 3.68. The van der Waals surface area contributed by atoms with Gasteiger partial charge < -0.3 is 4.90 Å². The second-order valence-electron chi connectivity index (χ2n) is 7.71. The Morgan fingerprint density at radius 3 is 2.07 bits per heavy atom. The van der Waals surface area contributed by atoms with E-state index in [1.54, 1.807) is 24.3 Å². The molecule has 0 aliphatic carbocycles. The van der Waals surface area contributed by atoms with Crippen LogP contribution >= 0.6 is 0 Å². The highest BCUT2D eigenvalue weighted by atomic mass is 32.2. The van der Waals surface area contributed by atoms with Crippen LogP contribution in [-0.2, 0) is 16.6 Å². The van der Waals surface area contributed by atoms with Crippen LogP contribution in [-0.4, -0.2) is 39.5 Å². The Bertz CT molecular complexity index is 1060. The molecule has 3 aromatic carbocycles. The molecule has 30 heavy (non-hydrogen) atoms. The molecule has 0 amide bonds. The SMILES string of the molecule is Cc1ccc(S(=O)(=O)Nc2ccc(N3CCN(Cc4ccccc4)CC3)cc2)cc1. The number of hydrogen-bond donors (Lipinski definition) is 1. The Kier molecular flexibility index (Phi) is 6.06. The molecule has 5 nitrogen and oxygen atoms in total. The quantitative estimate of drug-likeness (QED) is 0.651. The van der Waals surface area contributed by atoms with Crippen molar-refractivity contribution in [3.8, 4) is 0 Å². The van der Waals surface area contributed by atoms with Crippen molar-refractivity contribution in [1.29, 1.82) is 0 Å². The Morgan fingerprint density at radius 2 is 1.43 bits per heavy atom. The Morgan fingerprint density at radius 1 is 0.800 bits per heavy atom. The van der Waals surface area contributed by atoms with Crippen molar-refractivity contribution in [3.05, 3.63) is 90.0 Å². The fraction of sp³-hybridized carbons (Fsp3) is 0.250. The van der Waals surface area contributed by atoms with E-state index in [-0.39, 0.29) is 4.90 Å². The van der Waals surface area contributed by atoms with E-state index in [4.69, 9.17) is 0 Å². The van der Waals surface area contributed by atoms with E-state index in [0.717, 1.165) is 44.0 Å². The standard InChI is InChI=1S/C24H27N3O2S/c1-20-7-13-24(14-8-20)30(28,29)25-22-9-11-23(12-10-22)27-17-15-26(16-18-27)19-21-5-3-2-4-6-21/h2-14,25H,15-19H2,1H3. The second kappa shape index (κ2) is 8.90. The maximum atomic E-state index is 12.6. The van der Waals surface area contributed by atoms with Crippen LogP contribution in [0.5, 0.6) is 0 Å². The zero-order chi connectivity index (χ0) is 21.0. The van der Waals surface area contributed by atoms with Gasteiger partial charge in [-0.1, -0.05) is 48.0 Å². The molecule has 1 saturated heterocycles. The molecule has 1 heterocycles. The molecular formula is C24H27N3O2S. The van der Waals surface area contributed by atoms with Crippen molar-refractivity contribution in [2.75, 3.05) is 35.8 Å². The summed E-state index contributed by atoms with van der Waals surface area (Å²) in [6, 6.07) is 25.0. The van der Waals surface area contributed by atoms with Crippen molar-refractivity contribution >= 4 is 21.4 Å². The van der Waals surface area contributed by atoms with Crippen molar-refractivity contribution in [2.45, 2.75) is 18.4 Å². The van der Waals surface area contributed by atoms with E-state index < -0.39 is 10.0 Å². The minimum Gasteiger partial charge on any atom is -0.369 e. The molecule has 0 radical (unpaired) electrons. The van der Waals surface area contributed by atoms with Crippen molar-refractivity contribution in [3.63, 3.8) is 0 Å². The van der Waals surface area contributed by atoms with Gasteiger partial charge >= 0.3 is 0 Å². The van der Waals surface area contributed by atoms with Gasteiger partial charge in [-0.2, -0.15) is 0 Å². The number of nitrogens with one attached hydrogen (secondary N) is 1. The second-order valence-corrected chi connectivity index (χ2v) is 9.40. The molecule has 6 heteroatoms. The van der Waals surface area contributed by atoms with Gasteiger partial charge in [-0.15, -0.1) is 0 Å². The molecule has 1 aliphatic rings. The molecule has 156 valence electrons. The molecule has 0 unspecified atom stereocenters. The lowest BCUT2D eigenvalue weighted by atomic mass is 10.2. The molecule has 0 saturated carbocycles. The van der Waals surface area contributed by atoms with Crippen LogP contribution in [0.2, 0.25) is 0 Å². The first-order chi connectivity index (χ1) is 14.5. The highest BCUT2D eigenvalue weighted by Gasteiger charge is 2.18. The lowest BCUT2D eigenvalue weighted by molar-refractivity contribution is 0.250. The van der Waals surface area contributed by atoms with E-state index in [2.05, 4.69) is 38.8 Å². The molecule has 1 fully saturated rings. The third kappa shape index (κ3) is 5.01. The number of anilines is 2. The molecule has 4 rings (SSSR count). The van der Waals surface area contributed by atoms with Crippen molar-refractivity contribution in [2.24, 2.45) is 0 Å². The van der Waals surface area contributed by atoms with Gasteiger partial charge in [0.15, 0.2) is 0 Å². The predicted molar refractivity (Wildman–Crippen MR) is 122 cm³/mol. The molecular weight excluding hydrogens is 394 g/mol. The highest BCUT2D eigenvalue weighted by Crippen LogP contribution is 2.22. The fourth-order valence-corrected chi connectivity index (χ4v) is 4.74. The maximum absolute atomic E-state index is 12.6. The maximum Gasteiger partial charge on any atom is 0.261 e. The third-order valence-corrected chi connectivity index (χ3v) is 6.83. The van der Waals surface area contributed by atoms with Gasteiger partial charge in [0.2, 0.25) is 0 Å². The molecule has 0 spiro atoms. The predicted octanol–water partition coefficient (Wildman–Crippen LogP) is 4.12. The first-order valence-electron chi connectivity index (χ1n) is 10.2. The molecule has 0 atom stereocenters. The summed E-state index contributed by atoms with van der Waals surface area (Å²) in [6.07, 6.45) is 0. The van der Waals surface area contributed by atoms with Crippen molar-refractivity contribution in [1.82, 2.24) is 4.90 Å². The molecule has 1 aliphatic heterocycles. The van der Waals surface area contributed by atoms with Gasteiger partial charge in [-0.3, -0.25) is 9.62 Å². The number of rotatable bonds is 6. The van der Waals surface area contributed by atoms with Gasteiger partial charge in [0, 0.05) is 44.1 Å². The monoisotopic (exact) mass is 421 g/mol. The van der Waals surface area contributed by atoms with Crippen LogP contribution in [0.1, 0.15) is 11.1 Å². The lowest BCUT2D eigenvalue weighted by Gasteiger charge is -2.36. The van der Waals surface area contributed by atoms with Crippen LogP contribution in [0.15, 0.2) is 83.8 Å². The van der Waals surface area contributed by atoms with E-state index in [9.17, 15) is 8.42 Å². The zero-order valence-electron chi connectivity index (χ0n) is 17.2. The van der Waals surface area contributed by atoms with Gasteiger partial charge in [-0.25, -0.2) is 8.42 Å². The summed E-state index contributed by atoms with van der Waals surface area (Å²) in [6.45, 7) is 6.86. The summed E-state index contributed by atoms with van der Waals surface area (Å²) in [5.74, 6) is 0. The normalized spacial score (nSPS) is 15.2. The molecule has 1 N–H and O–H groups in total. The average molecular weight is 422 g/mol. The third-order valence-electron chi connectivity index (χ3n) is 5.44. The van der Waals surface area contributed by atoms with Crippen LogP contribution in [0.25, 0.3) is 0 Å². The van der Waals surface area contributed by atoms with Crippen molar-refractivity contribution < 1.29 is 8.42 Å². The summed E-state index contributed by atoms with van der Waals surface area (Å²) in [4.78, 5) is 5.09. The topological polar surface area (TPSA) is 52.7 Å². The van der Waals surface area contributed by atoms with Crippen LogP contribution < -0.4 is 9.62 Å². The Hall–Kier alpha value is -2.83. The number of sulfonamides is 1. The Balaban J connectivity index is 1.34. The van der Waals surface area contributed by atoms with E-state index >= 15 is 0 Å². The van der Waals surface area contributed by atoms with Crippen LogP contribution in [0.4, 0.5) is 11.4 Å². The largest absolute Gasteiger partial charge is 0.369 e.